The lowest BCUT2D eigenvalue weighted by molar-refractivity contribution is -0.118. The zero-order valence-corrected chi connectivity index (χ0v) is 17.9. The molecular weight excluding hydrogens is 397 g/mol. The highest BCUT2D eigenvalue weighted by molar-refractivity contribution is 7.22. The molecule has 150 valence electrons. The third-order valence-electron chi connectivity index (χ3n) is 4.32. The summed E-state index contributed by atoms with van der Waals surface area (Å²) in [4.78, 5) is 21.3. The largest absolute Gasteiger partial charge is 0.309 e. The number of amides is 1. The van der Waals surface area contributed by atoms with E-state index in [0.717, 1.165) is 28.8 Å². The van der Waals surface area contributed by atoms with E-state index in [1.54, 1.807) is 11.0 Å². The van der Waals surface area contributed by atoms with Gasteiger partial charge in [-0.1, -0.05) is 47.2 Å². The second kappa shape index (κ2) is 9.96. The number of hydrogen-bond donors (Lipinski definition) is 0. The first kappa shape index (κ1) is 22.3. The molecular formula is C21H25ClFN3OS. The van der Waals surface area contributed by atoms with Crippen molar-refractivity contribution in [1.82, 2.24) is 9.88 Å². The number of aryl methyl sites for hydroxylation is 1. The van der Waals surface area contributed by atoms with Crippen molar-refractivity contribution in [2.45, 2.75) is 19.8 Å². The molecule has 0 saturated carbocycles. The molecule has 3 rings (SSSR count). The maximum atomic E-state index is 14.0. The van der Waals surface area contributed by atoms with Gasteiger partial charge in [0, 0.05) is 6.54 Å². The highest BCUT2D eigenvalue weighted by atomic mass is 35.5. The zero-order chi connectivity index (χ0) is 19.4. The minimum Gasteiger partial charge on any atom is -0.309 e. The smallest absolute Gasteiger partial charge is 0.233 e. The Labute approximate surface area is 175 Å². The fourth-order valence-electron chi connectivity index (χ4n) is 2.98. The highest BCUT2D eigenvalue weighted by Gasteiger charge is 2.21. The van der Waals surface area contributed by atoms with Crippen LogP contribution in [0.4, 0.5) is 9.52 Å². The average molecular weight is 422 g/mol. The molecule has 28 heavy (non-hydrogen) atoms. The number of thiazole rings is 1. The van der Waals surface area contributed by atoms with Crippen LogP contribution in [0.1, 0.15) is 17.5 Å². The number of carbonyl (C=O) groups is 1. The number of para-hydroxylation sites is 1. The normalized spacial score (nSPS) is 10.9. The number of halogens is 2. The summed E-state index contributed by atoms with van der Waals surface area (Å²) in [7, 11) is 4.01. The molecule has 0 fully saturated rings. The van der Waals surface area contributed by atoms with Crippen molar-refractivity contribution in [1.29, 1.82) is 0 Å². The molecule has 1 amide bonds. The van der Waals surface area contributed by atoms with Crippen molar-refractivity contribution in [3.05, 3.63) is 59.4 Å². The van der Waals surface area contributed by atoms with Crippen molar-refractivity contribution in [3.63, 3.8) is 0 Å². The van der Waals surface area contributed by atoms with Gasteiger partial charge < -0.3 is 4.90 Å². The second-order valence-corrected chi connectivity index (χ2v) is 7.96. The van der Waals surface area contributed by atoms with E-state index in [1.165, 1.54) is 17.4 Å². The summed E-state index contributed by atoms with van der Waals surface area (Å²) in [6.07, 6.45) is 1.13. The average Bonchev–Trinajstić information content (AvgIpc) is 3.03. The molecule has 3 aromatic rings. The van der Waals surface area contributed by atoms with Crippen LogP contribution in [0.3, 0.4) is 0 Å². The van der Waals surface area contributed by atoms with Gasteiger partial charge in [0.25, 0.3) is 0 Å². The highest BCUT2D eigenvalue weighted by Crippen LogP contribution is 2.30. The van der Waals surface area contributed by atoms with E-state index in [0.29, 0.717) is 23.6 Å². The number of anilines is 1. The Hall–Kier alpha value is -2.02. The Morgan fingerprint density at radius 2 is 1.89 bits per heavy atom. The maximum absolute atomic E-state index is 14.0. The van der Waals surface area contributed by atoms with Crippen molar-refractivity contribution in [2.75, 3.05) is 32.1 Å². The third-order valence-corrected chi connectivity index (χ3v) is 5.36. The number of benzene rings is 2. The van der Waals surface area contributed by atoms with Gasteiger partial charge >= 0.3 is 0 Å². The molecule has 0 aliphatic heterocycles. The Balaban J connectivity index is 0.00000280. The molecule has 0 bridgehead atoms. The molecule has 1 heterocycles. The predicted molar refractivity (Wildman–Crippen MR) is 117 cm³/mol. The second-order valence-electron chi connectivity index (χ2n) is 6.95. The van der Waals surface area contributed by atoms with Gasteiger partial charge in [-0.05, 0) is 51.7 Å². The van der Waals surface area contributed by atoms with Crippen LogP contribution in [0, 0.1) is 12.7 Å². The molecule has 0 unspecified atom stereocenters. The van der Waals surface area contributed by atoms with E-state index in [1.807, 2.05) is 51.4 Å². The fourth-order valence-corrected chi connectivity index (χ4v) is 4.01. The summed E-state index contributed by atoms with van der Waals surface area (Å²) in [6, 6.07) is 12.9. The van der Waals surface area contributed by atoms with E-state index >= 15 is 0 Å². The zero-order valence-electron chi connectivity index (χ0n) is 16.3. The molecule has 0 atom stereocenters. The topological polar surface area (TPSA) is 36.4 Å². The Morgan fingerprint density at radius 1 is 1.14 bits per heavy atom. The van der Waals surface area contributed by atoms with Gasteiger partial charge in [0.05, 0.1) is 11.1 Å². The van der Waals surface area contributed by atoms with Gasteiger partial charge in [0.2, 0.25) is 5.91 Å². The molecule has 7 heteroatoms. The predicted octanol–water partition coefficient (Wildman–Crippen LogP) is 4.69. The van der Waals surface area contributed by atoms with Crippen LogP contribution in [-0.4, -0.2) is 43.0 Å². The summed E-state index contributed by atoms with van der Waals surface area (Å²) in [6.45, 7) is 3.44. The molecule has 4 nitrogen and oxygen atoms in total. The van der Waals surface area contributed by atoms with Crippen LogP contribution in [0.15, 0.2) is 42.5 Å². The number of hydrogen-bond acceptors (Lipinski definition) is 4. The summed E-state index contributed by atoms with van der Waals surface area (Å²) in [5, 5.41) is 0.562. The van der Waals surface area contributed by atoms with Gasteiger partial charge in [-0.2, -0.15) is 0 Å². The van der Waals surface area contributed by atoms with Crippen LogP contribution in [-0.2, 0) is 11.2 Å². The minimum absolute atomic E-state index is 0. The first-order valence-corrected chi connectivity index (χ1v) is 9.81. The van der Waals surface area contributed by atoms with Crippen LogP contribution < -0.4 is 4.90 Å². The number of carbonyl (C=O) groups excluding carboxylic acids is 1. The lowest BCUT2D eigenvalue weighted by atomic mass is 10.1. The lowest BCUT2D eigenvalue weighted by Gasteiger charge is -2.21. The number of fused-ring (bicyclic) bond motifs is 1. The van der Waals surface area contributed by atoms with Crippen molar-refractivity contribution in [3.8, 4) is 0 Å². The molecule has 0 saturated heterocycles. The van der Waals surface area contributed by atoms with Crippen molar-refractivity contribution < 1.29 is 9.18 Å². The SMILES string of the molecule is Cc1cccc(CC(=O)N(CCCN(C)C)c2nc3c(F)cccc3s2)c1.Cl. The van der Waals surface area contributed by atoms with Crippen LogP contribution in [0.2, 0.25) is 0 Å². The van der Waals surface area contributed by atoms with Crippen LogP contribution in [0.5, 0.6) is 0 Å². The monoisotopic (exact) mass is 421 g/mol. The lowest BCUT2D eigenvalue weighted by Crippen LogP contribution is -2.34. The van der Waals surface area contributed by atoms with E-state index in [4.69, 9.17) is 0 Å². The summed E-state index contributed by atoms with van der Waals surface area (Å²) < 4.78 is 14.8. The molecule has 2 aromatic carbocycles. The molecule has 0 aliphatic rings. The van der Waals surface area contributed by atoms with Gasteiger partial charge in [-0.25, -0.2) is 9.37 Å². The van der Waals surface area contributed by atoms with Gasteiger partial charge in [-0.3, -0.25) is 9.69 Å². The molecule has 0 spiro atoms. The first-order valence-electron chi connectivity index (χ1n) is 9.00. The van der Waals surface area contributed by atoms with Crippen LogP contribution >= 0.6 is 23.7 Å². The number of rotatable bonds is 7. The molecule has 0 N–H and O–H groups in total. The van der Waals surface area contributed by atoms with Gasteiger partial charge in [0.1, 0.15) is 11.3 Å². The van der Waals surface area contributed by atoms with E-state index in [2.05, 4.69) is 9.88 Å². The fraction of sp³-hybridized carbons (Fsp3) is 0.333. The van der Waals surface area contributed by atoms with Crippen molar-refractivity contribution >= 4 is 45.0 Å². The van der Waals surface area contributed by atoms with Crippen LogP contribution in [0.25, 0.3) is 10.2 Å². The number of nitrogens with zero attached hydrogens (tertiary/aromatic N) is 3. The van der Waals surface area contributed by atoms with E-state index in [9.17, 15) is 9.18 Å². The first-order chi connectivity index (χ1) is 12.9. The van der Waals surface area contributed by atoms with E-state index in [-0.39, 0.29) is 24.1 Å². The Kier molecular flexibility index (Phi) is 7.92. The van der Waals surface area contributed by atoms with Gasteiger partial charge in [0.15, 0.2) is 5.13 Å². The van der Waals surface area contributed by atoms with Gasteiger partial charge in [-0.15, -0.1) is 12.4 Å². The molecule has 0 radical (unpaired) electrons. The summed E-state index contributed by atoms with van der Waals surface area (Å²) >= 11 is 1.36. The summed E-state index contributed by atoms with van der Waals surface area (Å²) in [5.74, 6) is -0.367. The Bertz CT molecular complexity index is 944. The molecule has 0 aliphatic carbocycles. The van der Waals surface area contributed by atoms with E-state index < -0.39 is 0 Å². The minimum atomic E-state index is -0.352. The maximum Gasteiger partial charge on any atom is 0.233 e. The summed E-state index contributed by atoms with van der Waals surface area (Å²) in [5.41, 5.74) is 2.44. The Morgan fingerprint density at radius 3 is 2.57 bits per heavy atom. The standard InChI is InChI=1S/C21H24FN3OS.ClH/c1-15-7-4-8-16(13-15)14-19(26)25(12-6-11-24(2)3)21-23-20-17(22)9-5-10-18(20)27-21;/h4-5,7-10,13H,6,11-12,14H2,1-3H3;1H. The third kappa shape index (κ3) is 5.50. The quantitative estimate of drug-likeness (QED) is 0.555. The van der Waals surface area contributed by atoms with Crippen molar-refractivity contribution in [2.24, 2.45) is 0 Å². The molecule has 1 aromatic heterocycles. The number of aromatic nitrogens is 1.